The minimum Gasteiger partial charge on any atom is -0.312 e. The summed E-state index contributed by atoms with van der Waals surface area (Å²) < 4.78 is 1.75. The number of carbonyl (C=O) groups is 1. The largest absolute Gasteiger partial charge is 0.312 e. The van der Waals surface area contributed by atoms with Crippen LogP contribution < -0.4 is 10.2 Å². The summed E-state index contributed by atoms with van der Waals surface area (Å²) in [4.78, 5) is 13.9. The van der Waals surface area contributed by atoms with E-state index in [4.69, 9.17) is 0 Å². The fourth-order valence-corrected chi connectivity index (χ4v) is 1.95. The molecule has 1 aromatic carbocycles. The lowest BCUT2D eigenvalue weighted by molar-refractivity contribution is 0.0988. The number of hydrogen-bond acceptors (Lipinski definition) is 4. The monoisotopic (exact) mass is 257 g/mol. The van der Waals surface area contributed by atoms with Crippen molar-refractivity contribution in [2.45, 2.75) is 6.04 Å². The third-order valence-corrected chi connectivity index (χ3v) is 3.31. The number of benzene rings is 1. The van der Waals surface area contributed by atoms with Crippen molar-refractivity contribution in [1.29, 1.82) is 0 Å². The number of hydrogen-bond donors (Lipinski definition) is 1. The van der Waals surface area contributed by atoms with Gasteiger partial charge in [-0.15, -0.1) is 5.10 Å². The van der Waals surface area contributed by atoms with Gasteiger partial charge in [-0.1, -0.05) is 23.4 Å². The van der Waals surface area contributed by atoms with E-state index in [9.17, 15) is 4.79 Å². The minimum atomic E-state index is -0.148. The smallest absolute Gasteiger partial charge is 0.280 e. The van der Waals surface area contributed by atoms with Gasteiger partial charge in [0.2, 0.25) is 0 Å². The van der Waals surface area contributed by atoms with Crippen molar-refractivity contribution in [3.05, 3.63) is 42.2 Å². The third-order valence-electron chi connectivity index (χ3n) is 3.31. The van der Waals surface area contributed by atoms with Crippen molar-refractivity contribution >= 4 is 11.6 Å². The standard InChI is InChI=1S/C13H15N5O/c1-17(10-5-3-2-4-6-10)13(19)12-9-18(16-15-12)11-7-14-8-11/h2-6,9,11,14H,7-8H2,1H3. The average Bonchev–Trinajstić information content (AvgIpc) is 2.85. The van der Waals surface area contributed by atoms with Gasteiger partial charge in [0, 0.05) is 25.8 Å². The van der Waals surface area contributed by atoms with Gasteiger partial charge in [-0.2, -0.15) is 0 Å². The van der Waals surface area contributed by atoms with Gasteiger partial charge in [-0.25, -0.2) is 4.68 Å². The van der Waals surface area contributed by atoms with Crippen LogP contribution in [-0.2, 0) is 0 Å². The molecule has 6 nitrogen and oxygen atoms in total. The van der Waals surface area contributed by atoms with Crippen molar-refractivity contribution in [1.82, 2.24) is 20.3 Å². The second kappa shape index (κ2) is 4.81. The summed E-state index contributed by atoms with van der Waals surface area (Å²) in [5.41, 5.74) is 1.21. The molecule has 0 aliphatic carbocycles. The molecule has 1 fully saturated rings. The molecule has 3 rings (SSSR count). The van der Waals surface area contributed by atoms with E-state index in [1.54, 1.807) is 22.8 Å². The Morgan fingerprint density at radius 2 is 2.11 bits per heavy atom. The van der Waals surface area contributed by atoms with Crippen molar-refractivity contribution in [3.63, 3.8) is 0 Å². The number of amides is 1. The number of para-hydroxylation sites is 1. The molecule has 0 radical (unpaired) electrons. The highest BCUT2D eigenvalue weighted by atomic mass is 16.2. The fourth-order valence-electron chi connectivity index (χ4n) is 1.95. The van der Waals surface area contributed by atoms with Crippen molar-refractivity contribution in [2.24, 2.45) is 0 Å². The van der Waals surface area contributed by atoms with Crippen LogP contribution in [0.15, 0.2) is 36.5 Å². The number of anilines is 1. The zero-order valence-electron chi connectivity index (χ0n) is 10.7. The first-order valence-electron chi connectivity index (χ1n) is 6.21. The Labute approximate surface area is 111 Å². The van der Waals surface area contributed by atoms with Crippen LogP contribution in [0, 0.1) is 0 Å². The molecule has 0 unspecified atom stereocenters. The second-order valence-electron chi connectivity index (χ2n) is 4.60. The molecule has 1 aromatic heterocycles. The molecule has 1 aliphatic heterocycles. The van der Waals surface area contributed by atoms with E-state index in [2.05, 4.69) is 15.6 Å². The molecular formula is C13H15N5O. The summed E-state index contributed by atoms with van der Waals surface area (Å²) in [6, 6.07) is 9.81. The van der Waals surface area contributed by atoms with Gasteiger partial charge in [0.1, 0.15) is 0 Å². The van der Waals surface area contributed by atoms with Gasteiger partial charge >= 0.3 is 0 Å². The van der Waals surface area contributed by atoms with E-state index in [0.717, 1.165) is 18.8 Å². The number of rotatable bonds is 3. The van der Waals surface area contributed by atoms with Gasteiger partial charge in [0.15, 0.2) is 5.69 Å². The molecule has 6 heteroatoms. The van der Waals surface area contributed by atoms with Crippen LogP contribution in [0.3, 0.4) is 0 Å². The maximum atomic E-state index is 12.3. The predicted molar refractivity (Wildman–Crippen MR) is 71.1 cm³/mol. The zero-order chi connectivity index (χ0) is 13.2. The Hall–Kier alpha value is -2.21. The molecule has 1 amide bonds. The zero-order valence-corrected chi connectivity index (χ0v) is 10.7. The Morgan fingerprint density at radius 1 is 1.37 bits per heavy atom. The van der Waals surface area contributed by atoms with Crippen LogP contribution in [0.4, 0.5) is 5.69 Å². The predicted octanol–water partition coefficient (Wildman–Crippen LogP) is 0.699. The summed E-state index contributed by atoms with van der Waals surface area (Å²) in [6.45, 7) is 1.76. The number of nitrogens with one attached hydrogen (secondary N) is 1. The molecule has 1 aliphatic rings. The van der Waals surface area contributed by atoms with Gasteiger partial charge in [0.05, 0.1) is 12.2 Å². The molecule has 0 spiro atoms. The highest BCUT2D eigenvalue weighted by Crippen LogP contribution is 2.15. The van der Waals surface area contributed by atoms with Crippen LogP contribution in [0.1, 0.15) is 16.5 Å². The lowest BCUT2D eigenvalue weighted by atomic mass is 10.2. The summed E-state index contributed by atoms with van der Waals surface area (Å²) in [7, 11) is 1.74. The van der Waals surface area contributed by atoms with Crippen LogP contribution >= 0.6 is 0 Å². The van der Waals surface area contributed by atoms with Gasteiger partial charge in [-0.3, -0.25) is 4.79 Å². The lowest BCUT2D eigenvalue weighted by Crippen LogP contribution is -2.43. The molecule has 2 aromatic rings. The van der Waals surface area contributed by atoms with E-state index < -0.39 is 0 Å². The number of aromatic nitrogens is 3. The van der Waals surface area contributed by atoms with E-state index in [-0.39, 0.29) is 5.91 Å². The highest BCUT2D eigenvalue weighted by molar-refractivity contribution is 6.04. The van der Waals surface area contributed by atoms with Gasteiger partial charge in [0.25, 0.3) is 5.91 Å². The van der Waals surface area contributed by atoms with Crippen molar-refractivity contribution in [3.8, 4) is 0 Å². The number of nitrogens with zero attached hydrogens (tertiary/aromatic N) is 4. The molecule has 0 bridgehead atoms. The molecule has 98 valence electrons. The molecule has 1 saturated heterocycles. The molecule has 2 heterocycles. The quantitative estimate of drug-likeness (QED) is 0.879. The van der Waals surface area contributed by atoms with Gasteiger partial charge < -0.3 is 10.2 Å². The molecule has 19 heavy (non-hydrogen) atoms. The summed E-state index contributed by atoms with van der Waals surface area (Å²) in [5, 5.41) is 11.1. The Morgan fingerprint density at radius 3 is 2.74 bits per heavy atom. The third kappa shape index (κ3) is 2.22. The molecule has 0 atom stereocenters. The Kier molecular flexibility index (Phi) is 3.00. The lowest BCUT2D eigenvalue weighted by Gasteiger charge is -2.26. The summed E-state index contributed by atoms with van der Waals surface area (Å²) in [6.07, 6.45) is 1.72. The minimum absolute atomic E-state index is 0.148. The van der Waals surface area contributed by atoms with Crippen LogP contribution in [0.25, 0.3) is 0 Å². The second-order valence-corrected chi connectivity index (χ2v) is 4.60. The maximum absolute atomic E-state index is 12.3. The first kappa shape index (κ1) is 11.9. The van der Waals surface area contributed by atoms with E-state index >= 15 is 0 Å². The van der Waals surface area contributed by atoms with E-state index in [1.807, 2.05) is 30.3 Å². The Bertz CT molecular complexity index is 576. The van der Waals surface area contributed by atoms with Gasteiger partial charge in [-0.05, 0) is 12.1 Å². The van der Waals surface area contributed by atoms with Crippen LogP contribution in [0.5, 0.6) is 0 Å². The van der Waals surface area contributed by atoms with Crippen molar-refractivity contribution in [2.75, 3.05) is 25.0 Å². The van der Waals surface area contributed by atoms with Crippen LogP contribution in [-0.4, -0.2) is 41.0 Å². The molecular weight excluding hydrogens is 242 g/mol. The average molecular weight is 257 g/mol. The number of carbonyl (C=O) groups excluding carboxylic acids is 1. The highest BCUT2D eigenvalue weighted by Gasteiger charge is 2.23. The first-order chi connectivity index (χ1) is 9.25. The topological polar surface area (TPSA) is 63.1 Å². The Balaban J connectivity index is 1.78. The summed E-state index contributed by atoms with van der Waals surface area (Å²) in [5.74, 6) is -0.148. The van der Waals surface area contributed by atoms with Crippen molar-refractivity contribution < 1.29 is 4.79 Å². The first-order valence-corrected chi connectivity index (χ1v) is 6.21. The van der Waals surface area contributed by atoms with E-state index in [0.29, 0.717) is 11.7 Å². The summed E-state index contributed by atoms with van der Waals surface area (Å²) >= 11 is 0. The normalized spacial score (nSPS) is 15.0. The molecule has 1 N–H and O–H groups in total. The van der Waals surface area contributed by atoms with Crippen LogP contribution in [0.2, 0.25) is 0 Å². The fraction of sp³-hybridized carbons (Fsp3) is 0.308. The SMILES string of the molecule is CN(C(=O)c1cn(C2CNC2)nn1)c1ccccc1. The molecule has 0 saturated carbocycles. The maximum Gasteiger partial charge on any atom is 0.280 e. The van der Waals surface area contributed by atoms with E-state index in [1.165, 1.54) is 0 Å².